The Kier molecular flexibility index (Phi) is 6.51. The fraction of sp³-hybridized carbons (Fsp3) is 0.211. The van der Waals surface area contributed by atoms with Crippen molar-refractivity contribution in [3.63, 3.8) is 0 Å². The van der Waals surface area contributed by atoms with Gasteiger partial charge in [-0.15, -0.1) is 10.2 Å². The van der Waals surface area contributed by atoms with Gasteiger partial charge in [-0.1, -0.05) is 23.2 Å². The van der Waals surface area contributed by atoms with E-state index in [-0.39, 0.29) is 18.9 Å². The van der Waals surface area contributed by atoms with Gasteiger partial charge < -0.3 is 11.5 Å². The van der Waals surface area contributed by atoms with Crippen LogP contribution in [0.4, 0.5) is 0 Å². The lowest BCUT2D eigenvalue weighted by atomic mass is 9.82. The summed E-state index contributed by atoms with van der Waals surface area (Å²) in [4.78, 5) is 13.8. The lowest BCUT2D eigenvalue weighted by molar-refractivity contribution is -0.121. The van der Waals surface area contributed by atoms with Crippen molar-refractivity contribution in [1.82, 2.24) is 40.4 Å². The Morgan fingerprint density at radius 3 is 1.59 bits per heavy atom. The van der Waals surface area contributed by atoms with E-state index < -0.39 is 11.8 Å². The molecule has 0 aliphatic heterocycles. The normalized spacial score (nSPS) is 13.1. The molecule has 32 heavy (non-hydrogen) atoms. The Balaban J connectivity index is 1.80. The molecule has 0 saturated heterocycles. The zero-order chi connectivity index (χ0) is 22.7. The molecule has 164 valence electrons. The molecule has 0 fully saturated rings. The van der Waals surface area contributed by atoms with Crippen molar-refractivity contribution in [2.75, 3.05) is 13.1 Å². The number of hydrogen-bond donors (Lipinski definition) is 2. The monoisotopic (exact) mass is 472 g/mol. The summed E-state index contributed by atoms with van der Waals surface area (Å²) in [5.41, 5.74) is 14.5. The van der Waals surface area contributed by atoms with Crippen molar-refractivity contribution in [1.29, 1.82) is 0 Å². The van der Waals surface area contributed by atoms with Gasteiger partial charge in [-0.25, -0.2) is 9.36 Å². The van der Waals surface area contributed by atoms with Crippen molar-refractivity contribution >= 4 is 29.0 Å². The molecule has 4 N–H and O–H groups in total. The Hall–Kier alpha value is -3.25. The first-order valence-corrected chi connectivity index (χ1v) is 10.3. The first-order valence-electron chi connectivity index (χ1n) is 9.53. The molecule has 0 bridgehead atoms. The van der Waals surface area contributed by atoms with E-state index in [1.807, 2.05) is 0 Å². The predicted octanol–water partition coefficient (Wildman–Crippen LogP) is 1.30. The topological polar surface area (TPSA) is 156 Å². The molecule has 0 aliphatic carbocycles. The summed E-state index contributed by atoms with van der Waals surface area (Å²) in [6.07, 6.45) is 2.86. The van der Waals surface area contributed by atoms with Crippen LogP contribution < -0.4 is 11.5 Å². The van der Waals surface area contributed by atoms with Crippen LogP contribution in [-0.2, 0) is 4.79 Å². The first-order chi connectivity index (χ1) is 15.5. The number of hydrogen-bond acceptors (Lipinski definition) is 9. The third-order valence-corrected chi connectivity index (χ3v) is 5.55. The number of carbonyl (C=O) groups is 1. The van der Waals surface area contributed by atoms with Crippen molar-refractivity contribution in [3.8, 4) is 11.4 Å². The van der Waals surface area contributed by atoms with E-state index in [1.165, 1.54) is 22.0 Å². The van der Waals surface area contributed by atoms with Crippen LogP contribution in [0, 0.1) is 0 Å². The largest absolute Gasteiger partial charge is 0.329 e. The molecule has 2 atom stereocenters. The fourth-order valence-electron chi connectivity index (χ4n) is 3.61. The highest BCUT2D eigenvalue weighted by molar-refractivity contribution is 6.31. The number of nitrogens with two attached hydrogens (primary N) is 2. The molecule has 0 aliphatic rings. The summed E-state index contributed by atoms with van der Waals surface area (Å²) in [5.74, 6) is -1.67. The predicted molar refractivity (Wildman–Crippen MR) is 117 cm³/mol. The molecule has 11 nitrogen and oxygen atoms in total. The van der Waals surface area contributed by atoms with Gasteiger partial charge >= 0.3 is 0 Å². The number of carbonyl (C=O) groups excluding carboxylic acids is 1. The highest BCUT2D eigenvalue weighted by Crippen LogP contribution is 2.34. The maximum atomic E-state index is 13.8. The van der Waals surface area contributed by atoms with Crippen LogP contribution in [0.3, 0.4) is 0 Å². The zero-order valence-electron chi connectivity index (χ0n) is 16.6. The Morgan fingerprint density at radius 2 is 1.25 bits per heavy atom. The Labute approximate surface area is 192 Å². The second-order valence-electron chi connectivity index (χ2n) is 6.89. The third kappa shape index (κ3) is 4.23. The molecule has 2 aromatic heterocycles. The summed E-state index contributed by atoms with van der Waals surface area (Å²) < 4.78 is 2.90. The fourth-order valence-corrected chi connectivity index (χ4v) is 3.97. The minimum absolute atomic E-state index is 0.0194. The van der Waals surface area contributed by atoms with Crippen molar-refractivity contribution < 1.29 is 4.79 Å². The Bertz CT molecular complexity index is 1120. The molecule has 13 heteroatoms. The molecule has 4 rings (SSSR count). The van der Waals surface area contributed by atoms with Gasteiger partial charge in [0.2, 0.25) is 0 Å². The standard InChI is InChI=1S/C19H18Cl2N10O/c20-11-1-3-17(30-9-24-26-28-30)13(5-11)15(7-22)19(32)16(8-23)14-6-12(21)2-4-18(14)31-10-25-27-29-31/h1-6,9-10,15-16H,7-8,22-23H2. The van der Waals surface area contributed by atoms with E-state index in [1.54, 1.807) is 36.4 Å². The quantitative estimate of drug-likeness (QED) is 0.385. The highest BCUT2D eigenvalue weighted by Gasteiger charge is 2.32. The van der Waals surface area contributed by atoms with Gasteiger partial charge in [-0.05, 0) is 68.4 Å². The number of benzene rings is 2. The number of nitrogens with zero attached hydrogens (tertiary/aromatic N) is 8. The smallest absolute Gasteiger partial charge is 0.150 e. The number of Topliss-reactive ketones (excluding diaryl/α,β-unsaturated/α-hetero) is 1. The lowest BCUT2D eigenvalue weighted by Crippen LogP contribution is -2.32. The van der Waals surface area contributed by atoms with E-state index in [2.05, 4.69) is 31.1 Å². The van der Waals surface area contributed by atoms with Gasteiger partial charge in [0.1, 0.15) is 18.4 Å². The number of ketones is 1. The average molecular weight is 473 g/mol. The third-order valence-electron chi connectivity index (χ3n) is 5.08. The van der Waals surface area contributed by atoms with Crippen LogP contribution >= 0.6 is 23.2 Å². The molecule has 2 heterocycles. The van der Waals surface area contributed by atoms with E-state index in [4.69, 9.17) is 34.7 Å². The zero-order valence-corrected chi connectivity index (χ0v) is 18.1. The molecule has 4 aromatic rings. The van der Waals surface area contributed by atoms with E-state index in [0.717, 1.165) is 0 Å². The second kappa shape index (κ2) is 9.49. The minimum atomic E-state index is -0.734. The summed E-state index contributed by atoms with van der Waals surface area (Å²) in [6.45, 7) is 0.0389. The summed E-state index contributed by atoms with van der Waals surface area (Å²) >= 11 is 12.5. The molecule has 2 aromatic carbocycles. The summed E-state index contributed by atoms with van der Waals surface area (Å²) in [6, 6.07) is 10.2. The van der Waals surface area contributed by atoms with Crippen molar-refractivity contribution in [2.45, 2.75) is 11.8 Å². The van der Waals surface area contributed by atoms with Crippen LogP contribution in [-0.4, -0.2) is 59.3 Å². The van der Waals surface area contributed by atoms with Crippen molar-refractivity contribution in [2.24, 2.45) is 11.5 Å². The van der Waals surface area contributed by atoms with Crippen molar-refractivity contribution in [3.05, 3.63) is 70.2 Å². The van der Waals surface area contributed by atoms with E-state index in [0.29, 0.717) is 32.5 Å². The lowest BCUT2D eigenvalue weighted by Gasteiger charge is -2.24. The van der Waals surface area contributed by atoms with Crippen LogP contribution in [0.5, 0.6) is 0 Å². The van der Waals surface area contributed by atoms with Gasteiger partial charge in [0.15, 0.2) is 0 Å². The summed E-state index contributed by atoms with van der Waals surface area (Å²) in [7, 11) is 0. The molecule has 0 radical (unpaired) electrons. The van der Waals surface area contributed by atoms with Gasteiger partial charge in [0.05, 0.1) is 23.2 Å². The molecule has 0 amide bonds. The van der Waals surface area contributed by atoms with Crippen LogP contribution in [0.25, 0.3) is 11.4 Å². The molecular weight excluding hydrogens is 455 g/mol. The first kappa shape index (κ1) is 22.0. The number of halogens is 2. The molecule has 0 spiro atoms. The van der Waals surface area contributed by atoms with Gasteiger partial charge in [-0.3, -0.25) is 4.79 Å². The Morgan fingerprint density at radius 1 is 0.812 bits per heavy atom. The number of rotatable bonds is 8. The van der Waals surface area contributed by atoms with Gasteiger partial charge in [0.25, 0.3) is 0 Å². The van der Waals surface area contributed by atoms with E-state index >= 15 is 0 Å². The number of aromatic nitrogens is 8. The van der Waals surface area contributed by atoms with Gasteiger partial charge in [0, 0.05) is 23.1 Å². The van der Waals surface area contributed by atoms with Crippen LogP contribution in [0.2, 0.25) is 10.0 Å². The van der Waals surface area contributed by atoms with Crippen LogP contribution in [0.15, 0.2) is 49.1 Å². The highest BCUT2D eigenvalue weighted by atomic mass is 35.5. The maximum absolute atomic E-state index is 13.8. The minimum Gasteiger partial charge on any atom is -0.329 e. The molecule has 2 unspecified atom stereocenters. The van der Waals surface area contributed by atoms with Crippen LogP contribution in [0.1, 0.15) is 23.0 Å². The maximum Gasteiger partial charge on any atom is 0.150 e. The number of tetrazole rings is 2. The second-order valence-corrected chi connectivity index (χ2v) is 7.77. The van der Waals surface area contributed by atoms with Gasteiger partial charge in [-0.2, -0.15) is 0 Å². The molecular formula is C19H18Cl2N10O. The summed E-state index contributed by atoms with van der Waals surface area (Å²) in [5, 5.41) is 23.4. The average Bonchev–Trinajstić information content (AvgIpc) is 3.50. The SMILES string of the molecule is NCC(C(=O)C(CN)c1cc(Cl)ccc1-n1cnnn1)c1cc(Cl)ccc1-n1cnnn1. The van der Waals surface area contributed by atoms with E-state index in [9.17, 15) is 4.79 Å². The molecule has 0 saturated carbocycles.